The van der Waals surface area contributed by atoms with Gasteiger partial charge < -0.3 is 34.9 Å². The van der Waals surface area contributed by atoms with E-state index in [0.29, 0.717) is 45.3 Å². The van der Waals surface area contributed by atoms with Crippen LogP contribution in [0.1, 0.15) is 35.8 Å². The van der Waals surface area contributed by atoms with Crippen LogP contribution < -0.4 is 14.8 Å². The predicted octanol–water partition coefficient (Wildman–Crippen LogP) is 3.55. The van der Waals surface area contributed by atoms with Crippen molar-refractivity contribution in [1.82, 2.24) is 15.2 Å². The molecule has 3 atom stereocenters. The van der Waals surface area contributed by atoms with Crippen LogP contribution in [0.4, 0.5) is 0 Å². The SMILES string of the molecule is CCC=CC(=O)N(CCc1cc2ccccc2[nH]1)[C@@H]1CC(C(=O)NCCO)=C[C@H](Oc2c(I)cc(C=O)cc2OC)[C@H]1O. The standard InChI is InChI=1S/C32H36IN3O7/c1-3-4-9-29(39)36(12-10-23-16-21-7-5-6-8-25(21)35-23)26-17-22(32(41)34-11-13-37)18-27(30(26)40)43-31-24(33)14-20(19-38)15-28(31)42-2/h4-9,14-16,18-19,26-27,30,35,37,40H,3,10-13,17H2,1-2H3,(H,34,41)/t26-,27+,30+/m1/s1. The molecule has 228 valence electrons. The summed E-state index contributed by atoms with van der Waals surface area (Å²) in [4.78, 5) is 43.0. The van der Waals surface area contributed by atoms with Crippen molar-refractivity contribution >= 4 is 51.6 Å². The second-order valence-electron chi connectivity index (χ2n) is 10.1. The quantitative estimate of drug-likeness (QED) is 0.121. The van der Waals surface area contributed by atoms with Gasteiger partial charge in [-0.1, -0.05) is 31.2 Å². The van der Waals surface area contributed by atoms with E-state index in [9.17, 15) is 24.6 Å². The third-order valence-electron chi connectivity index (χ3n) is 7.24. The number of fused-ring (bicyclic) bond motifs is 1. The molecule has 1 aliphatic rings. The number of aliphatic hydroxyl groups is 2. The molecule has 0 radical (unpaired) electrons. The molecule has 0 fully saturated rings. The summed E-state index contributed by atoms with van der Waals surface area (Å²) in [6.07, 6.45) is 4.47. The van der Waals surface area contributed by atoms with Gasteiger partial charge in [0.2, 0.25) is 11.8 Å². The van der Waals surface area contributed by atoms with Crippen LogP contribution in [0.5, 0.6) is 11.5 Å². The van der Waals surface area contributed by atoms with Crippen molar-refractivity contribution in [2.75, 3.05) is 26.8 Å². The first-order valence-corrected chi connectivity index (χ1v) is 15.2. The van der Waals surface area contributed by atoms with Gasteiger partial charge in [0.25, 0.3) is 0 Å². The second kappa shape index (κ2) is 15.2. The van der Waals surface area contributed by atoms with Crippen LogP contribution in [-0.4, -0.2) is 83.3 Å². The number of carbonyl (C=O) groups is 3. The molecule has 10 nitrogen and oxygen atoms in total. The van der Waals surface area contributed by atoms with Crippen LogP contribution in [0.25, 0.3) is 10.9 Å². The normalized spacial score (nSPS) is 18.3. The van der Waals surface area contributed by atoms with Crippen LogP contribution in [0.15, 0.2) is 66.3 Å². The molecule has 2 amide bonds. The van der Waals surface area contributed by atoms with Gasteiger partial charge in [-0.2, -0.15) is 0 Å². The summed E-state index contributed by atoms with van der Waals surface area (Å²) in [6, 6.07) is 12.3. The molecule has 0 saturated carbocycles. The number of H-pyrrole nitrogens is 1. The van der Waals surface area contributed by atoms with E-state index in [0.717, 1.165) is 16.6 Å². The lowest BCUT2D eigenvalue weighted by Crippen LogP contribution is -2.55. The Hall–Kier alpha value is -3.68. The molecule has 4 N–H and O–H groups in total. The zero-order chi connectivity index (χ0) is 30.9. The number of allylic oxidation sites excluding steroid dienone is 1. The summed E-state index contributed by atoms with van der Waals surface area (Å²) in [5.74, 6) is -0.128. The first kappa shape index (κ1) is 32.2. The Morgan fingerprint density at radius 2 is 2.02 bits per heavy atom. The topological polar surface area (TPSA) is 141 Å². The highest BCUT2D eigenvalue weighted by Crippen LogP contribution is 2.37. The number of aldehydes is 1. The van der Waals surface area contributed by atoms with Gasteiger partial charge in [-0.3, -0.25) is 14.4 Å². The molecule has 11 heteroatoms. The fourth-order valence-electron chi connectivity index (χ4n) is 5.10. The minimum absolute atomic E-state index is 0.0516. The summed E-state index contributed by atoms with van der Waals surface area (Å²) in [5.41, 5.74) is 2.63. The fourth-order valence-corrected chi connectivity index (χ4v) is 5.85. The van der Waals surface area contributed by atoms with E-state index >= 15 is 0 Å². The number of halogens is 1. The third-order valence-corrected chi connectivity index (χ3v) is 8.04. The number of aromatic amines is 1. The maximum atomic E-state index is 13.5. The fraction of sp³-hybridized carbons (Fsp3) is 0.344. The Bertz CT molecular complexity index is 1480. The van der Waals surface area contributed by atoms with Gasteiger partial charge in [-0.25, -0.2) is 0 Å². The Morgan fingerprint density at radius 1 is 1.23 bits per heavy atom. The van der Waals surface area contributed by atoms with Crippen LogP contribution in [0.2, 0.25) is 0 Å². The van der Waals surface area contributed by atoms with Crippen molar-refractivity contribution in [2.45, 2.75) is 44.4 Å². The second-order valence-corrected chi connectivity index (χ2v) is 11.3. The number of para-hydroxylation sites is 1. The van der Waals surface area contributed by atoms with E-state index < -0.39 is 24.2 Å². The molecule has 43 heavy (non-hydrogen) atoms. The van der Waals surface area contributed by atoms with Crippen LogP contribution in [0, 0.1) is 3.57 Å². The first-order valence-electron chi connectivity index (χ1n) is 14.1. The first-order chi connectivity index (χ1) is 20.8. The predicted molar refractivity (Wildman–Crippen MR) is 171 cm³/mol. The number of aliphatic hydroxyl groups excluding tert-OH is 2. The van der Waals surface area contributed by atoms with E-state index in [2.05, 4.69) is 10.3 Å². The largest absolute Gasteiger partial charge is 0.493 e. The monoisotopic (exact) mass is 701 g/mol. The maximum Gasteiger partial charge on any atom is 0.247 e. The Balaban J connectivity index is 1.69. The van der Waals surface area contributed by atoms with E-state index in [1.54, 1.807) is 23.1 Å². The summed E-state index contributed by atoms with van der Waals surface area (Å²) >= 11 is 2.02. The van der Waals surface area contributed by atoms with Crippen molar-refractivity contribution in [2.24, 2.45) is 0 Å². The molecular weight excluding hydrogens is 665 g/mol. The molecule has 1 heterocycles. The minimum atomic E-state index is -1.21. The number of methoxy groups -OCH3 is 1. The van der Waals surface area contributed by atoms with Gasteiger partial charge in [0, 0.05) is 48.3 Å². The molecule has 4 rings (SSSR count). The molecule has 1 aromatic heterocycles. The van der Waals surface area contributed by atoms with Crippen molar-refractivity contribution in [3.8, 4) is 11.5 Å². The minimum Gasteiger partial charge on any atom is -0.493 e. The zero-order valence-corrected chi connectivity index (χ0v) is 26.2. The Kier molecular flexibility index (Phi) is 11.4. The highest BCUT2D eigenvalue weighted by atomic mass is 127. The van der Waals surface area contributed by atoms with Gasteiger partial charge >= 0.3 is 0 Å². The van der Waals surface area contributed by atoms with Crippen molar-refractivity contribution in [1.29, 1.82) is 0 Å². The molecule has 0 aliphatic heterocycles. The van der Waals surface area contributed by atoms with Gasteiger partial charge in [-0.15, -0.1) is 0 Å². The van der Waals surface area contributed by atoms with Gasteiger partial charge in [0.05, 0.1) is 23.3 Å². The smallest absolute Gasteiger partial charge is 0.247 e. The number of aromatic nitrogens is 1. The number of amides is 2. The zero-order valence-electron chi connectivity index (χ0n) is 24.1. The van der Waals surface area contributed by atoms with Crippen molar-refractivity contribution in [3.63, 3.8) is 0 Å². The number of rotatable bonds is 13. The summed E-state index contributed by atoms with van der Waals surface area (Å²) < 4.78 is 12.3. The summed E-state index contributed by atoms with van der Waals surface area (Å²) in [6.45, 7) is 2.01. The van der Waals surface area contributed by atoms with Gasteiger partial charge in [0.15, 0.2) is 11.5 Å². The molecule has 3 aromatic rings. The van der Waals surface area contributed by atoms with Gasteiger partial charge in [0.1, 0.15) is 18.5 Å². The van der Waals surface area contributed by atoms with Crippen LogP contribution in [0.3, 0.4) is 0 Å². The molecule has 2 aromatic carbocycles. The summed E-state index contributed by atoms with van der Waals surface area (Å²) in [7, 11) is 1.45. The van der Waals surface area contributed by atoms with E-state index in [1.165, 1.54) is 19.3 Å². The number of hydrogen-bond acceptors (Lipinski definition) is 7. The van der Waals surface area contributed by atoms with E-state index in [4.69, 9.17) is 9.47 Å². The van der Waals surface area contributed by atoms with Gasteiger partial charge in [-0.05, 0) is 70.8 Å². The maximum absolute atomic E-state index is 13.5. The molecule has 1 aliphatic carbocycles. The van der Waals surface area contributed by atoms with Crippen molar-refractivity contribution in [3.05, 3.63) is 81.1 Å². The number of ether oxygens (including phenoxy) is 2. The average molecular weight is 702 g/mol. The lowest BCUT2D eigenvalue weighted by molar-refractivity contribution is -0.133. The molecular formula is C32H36IN3O7. The number of hydrogen-bond donors (Lipinski definition) is 4. The number of nitrogens with one attached hydrogen (secondary N) is 2. The molecule has 0 saturated heterocycles. The molecule has 0 spiro atoms. The van der Waals surface area contributed by atoms with E-state index in [1.807, 2.05) is 59.8 Å². The number of benzene rings is 2. The molecule has 0 unspecified atom stereocenters. The highest BCUT2D eigenvalue weighted by Gasteiger charge is 2.40. The van der Waals surface area contributed by atoms with Crippen LogP contribution in [-0.2, 0) is 16.0 Å². The summed E-state index contributed by atoms with van der Waals surface area (Å²) in [5, 5.41) is 24.7. The Labute approximate surface area is 263 Å². The lowest BCUT2D eigenvalue weighted by Gasteiger charge is -2.40. The van der Waals surface area contributed by atoms with Crippen molar-refractivity contribution < 1.29 is 34.1 Å². The van der Waals surface area contributed by atoms with E-state index in [-0.39, 0.29) is 32.0 Å². The number of nitrogens with zero attached hydrogens (tertiary/aromatic N) is 1. The molecule has 0 bridgehead atoms. The lowest BCUT2D eigenvalue weighted by atomic mass is 9.88. The highest BCUT2D eigenvalue weighted by molar-refractivity contribution is 14.1. The van der Waals surface area contributed by atoms with Crippen LogP contribution >= 0.6 is 22.6 Å². The Morgan fingerprint density at radius 3 is 2.72 bits per heavy atom. The average Bonchev–Trinajstić information content (AvgIpc) is 3.44. The third kappa shape index (κ3) is 7.84. The number of carbonyl (C=O) groups excluding carboxylic acids is 3.